The topological polar surface area (TPSA) is 62.2 Å². The minimum atomic E-state index is -4.72. The lowest BCUT2D eigenvalue weighted by Gasteiger charge is -2.22. The summed E-state index contributed by atoms with van der Waals surface area (Å²) in [6, 6.07) is 13.3. The number of rotatable bonds is 11. The van der Waals surface area contributed by atoms with E-state index in [9.17, 15) is 22.8 Å². The summed E-state index contributed by atoms with van der Waals surface area (Å²) < 4.78 is 41.2. The van der Waals surface area contributed by atoms with Crippen molar-refractivity contribution >= 4 is 17.6 Å². The number of hydrogen-bond acceptors (Lipinski definition) is 4. The van der Waals surface area contributed by atoms with Gasteiger partial charge in [0.1, 0.15) is 17.1 Å². The van der Waals surface area contributed by atoms with Gasteiger partial charge in [0.05, 0.1) is 0 Å². The number of amidine groups is 1. The van der Waals surface area contributed by atoms with Gasteiger partial charge < -0.3 is 9.64 Å². The first-order chi connectivity index (χ1) is 18.2. The Morgan fingerprint density at radius 2 is 1.61 bits per heavy atom. The number of carbonyl (C=O) groups is 2. The molecule has 202 valence electrons. The molecule has 0 unspecified atom stereocenters. The quantitative estimate of drug-likeness (QED) is 0.347. The van der Waals surface area contributed by atoms with Crippen molar-refractivity contribution in [2.75, 3.05) is 19.6 Å². The lowest BCUT2D eigenvalue weighted by atomic mass is 10.0. The van der Waals surface area contributed by atoms with Gasteiger partial charge in [-0.1, -0.05) is 36.4 Å². The number of alkyl halides is 3. The van der Waals surface area contributed by atoms with Crippen LogP contribution >= 0.6 is 0 Å². The molecule has 0 aromatic heterocycles. The molecule has 1 heterocycles. The Labute approximate surface area is 220 Å². The van der Waals surface area contributed by atoms with Crippen LogP contribution in [-0.2, 0) is 9.59 Å². The van der Waals surface area contributed by atoms with Crippen molar-refractivity contribution in [3.8, 4) is 16.9 Å². The van der Waals surface area contributed by atoms with Gasteiger partial charge in [0.2, 0.25) is 5.91 Å². The van der Waals surface area contributed by atoms with Crippen LogP contribution < -0.4 is 4.74 Å². The van der Waals surface area contributed by atoms with E-state index in [1.54, 1.807) is 17.0 Å². The maximum absolute atomic E-state index is 13.1. The van der Waals surface area contributed by atoms with E-state index in [-0.39, 0.29) is 23.5 Å². The molecule has 0 N–H and O–H groups in total. The molecule has 9 heteroatoms. The Hall–Kier alpha value is -3.36. The average molecular weight is 528 g/mol. The number of ether oxygens (including phenoxy) is 1. The smallest absolute Gasteiger partial charge is 0.406 e. The Morgan fingerprint density at radius 3 is 2.16 bits per heavy atom. The molecule has 3 aliphatic rings. The fourth-order valence-electron chi connectivity index (χ4n) is 4.95. The Morgan fingerprint density at radius 1 is 1.00 bits per heavy atom. The molecule has 6 nitrogen and oxygen atoms in total. The normalized spacial score (nSPS) is 18.1. The highest BCUT2D eigenvalue weighted by Crippen LogP contribution is 2.46. The molecule has 2 fully saturated rings. The second-order valence-electron chi connectivity index (χ2n) is 10.3. The van der Waals surface area contributed by atoms with E-state index in [0.29, 0.717) is 12.4 Å². The van der Waals surface area contributed by atoms with Crippen molar-refractivity contribution in [1.29, 1.82) is 0 Å². The predicted molar refractivity (Wildman–Crippen MR) is 138 cm³/mol. The summed E-state index contributed by atoms with van der Waals surface area (Å²) in [6.45, 7) is 4.10. The average Bonchev–Trinajstić information content (AvgIpc) is 3.82. The second kappa shape index (κ2) is 10.4. The van der Waals surface area contributed by atoms with E-state index in [1.807, 2.05) is 36.1 Å². The van der Waals surface area contributed by atoms with E-state index >= 15 is 0 Å². The van der Waals surface area contributed by atoms with Gasteiger partial charge in [-0.15, -0.1) is 13.2 Å². The van der Waals surface area contributed by atoms with Crippen LogP contribution in [0.2, 0.25) is 0 Å². The van der Waals surface area contributed by atoms with Crippen molar-refractivity contribution in [2.24, 2.45) is 10.9 Å². The highest BCUT2D eigenvalue weighted by atomic mass is 19.4. The Kier molecular flexibility index (Phi) is 7.20. The minimum absolute atomic E-state index is 0.0657. The first-order valence-corrected chi connectivity index (χ1v) is 13.4. The summed E-state index contributed by atoms with van der Waals surface area (Å²) in [5.41, 5.74) is 1.84. The second-order valence-corrected chi connectivity index (χ2v) is 10.3. The van der Waals surface area contributed by atoms with Crippen molar-refractivity contribution < 1.29 is 27.5 Å². The zero-order valence-electron chi connectivity index (χ0n) is 21.5. The number of amides is 2. The number of halogens is 3. The van der Waals surface area contributed by atoms with Gasteiger partial charge in [-0.25, -0.2) is 0 Å². The first-order valence-electron chi connectivity index (χ1n) is 13.4. The van der Waals surface area contributed by atoms with Crippen LogP contribution in [0, 0.1) is 5.92 Å². The van der Waals surface area contributed by atoms with Gasteiger partial charge in [0.15, 0.2) is 0 Å². The summed E-state index contributed by atoms with van der Waals surface area (Å²) >= 11 is 0. The number of carbonyl (C=O) groups excluding carboxylic acids is 2. The molecule has 2 aromatic carbocycles. The molecule has 2 aliphatic carbocycles. The standard InChI is InChI=1S/C29H32F3N3O3/c1-2-34(26(36)23-10-11-23)18-4-3-5-19-35-25(33-28(16-17-28)27(35)37)22-8-6-20(7-9-22)21-12-14-24(15-13-21)38-29(30,31)32/h6-9,12-15,23H,2-5,10-11,16-19H2,1H3. The zero-order valence-corrected chi connectivity index (χ0v) is 21.5. The SMILES string of the molecule is CCN(CCCCCN1C(=O)C2(CC2)N=C1c1ccc(-c2ccc(OC(F)(F)F)cc2)cc1)C(=O)C1CC1. The van der Waals surface area contributed by atoms with Gasteiger partial charge in [-0.3, -0.25) is 19.5 Å². The van der Waals surface area contributed by atoms with E-state index in [2.05, 4.69) is 4.74 Å². The highest BCUT2D eigenvalue weighted by Gasteiger charge is 2.57. The largest absolute Gasteiger partial charge is 0.573 e. The van der Waals surface area contributed by atoms with Crippen molar-refractivity contribution in [3.05, 3.63) is 54.1 Å². The highest BCUT2D eigenvalue weighted by molar-refractivity contribution is 6.16. The lowest BCUT2D eigenvalue weighted by molar-refractivity contribution is -0.274. The van der Waals surface area contributed by atoms with Gasteiger partial charge >= 0.3 is 6.36 Å². The Balaban J connectivity index is 1.19. The molecular formula is C29H32F3N3O3. The predicted octanol–water partition coefficient (Wildman–Crippen LogP) is 5.80. The molecule has 2 aromatic rings. The van der Waals surface area contributed by atoms with Crippen LogP contribution in [0.3, 0.4) is 0 Å². The molecule has 1 aliphatic heterocycles. The number of unbranched alkanes of at least 4 members (excludes halogenated alkanes) is 2. The van der Waals surface area contributed by atoms with Crippen LogP contribution in [0.4, 0.5) is 13.2 Å². The van der Waals surface area contributed by atoms with Gasteiger partial charge in [-0.2, -0.15) is 0 Å². The van der Waals surface area contributed by atoms with Crippen LogP contribution in [0.5, 0.6) is 5.75 Å². The monoisotopic (exact) mass is 527 g/mol. The third-order valence-electron chi connectivity index (χ3n) is 7.44. The van der Waals surface area contributed by atoms with Crippen molar-refractivity contribution in [3.63, 3.8) is 0 Å². The molecule has 0 atom stereocenters. The molecule has 2 saturated carbocycles. The summed E-state index contributed by atoms with van der Waals surface area (Å²) in [5.74, 6) is 1.00. The molecular weight excluding hydrogens is 495 g/mol. The van der Waals surface area contributed by atoms with Crippen LogP contribution in [0.1, 0.15) is 57.4 Å². The number of nitrogens with zero attached hydrogens (tertiary/aromatic N) is 3. The summed E-state index contributed by atoms with van der Waals surface area (Å²) in [6.07, 6.45) is 1.51. The van der Waals surface area contributed by atoms with Gasteiger partial charge in [-0.05, 0) is 75.1 Å². The summed E-state index contributed by atoms with van der Waals surface area (Å²) in [4.78, 5) is 34.0. The zero-order chi connectivity index (χ0) is 26.9. The Bertz CT molecular complexity index is 1200. The maximum atomic E-state index is 13.1. The minimum Gasteiger partial charge on any atom is -0.406 e. The third-order valence-corrected chi connectivity index (χ3v) is 7.44. The van der Waals surface area contributed by atoms with Crippen LogP contribution in [0.15, 0.2) is 53.5 Å². The van der Waals surface area contributed by atoms with Crippen molar-refractivity contribution in [2.45, 2.75) is 63.8 Å². The van der Waals surface area contributed by atoms with E-state index < -0.39 is 11.9 Å². The first kappa shape index (κ1) is 26.3. The summed E-state index contributed by atoms with van der Waals surface area (Å²) in [7, 11) is 0. The number of benzene rings is 2. The fourth-order valence-corrected chi connectivity index (χ4v) is 4.95. The molecule has 38 heavy (non-hydrogen) atoms. The lowest BCUT2D eigenvalue weighted by Crippen LogP contribution is -2.37. The maximum Gasteiger partial charge on any atom is 0.573 e. The number of hydrogen-bond donors (Lipinski definition) is 0. The van der Waals surface area contributed by atoms with E-state index in [1.165, 1.54) is 12.1 Å². The van der Waals surface area contributed by atoms with Crippen LogP contribution in [-0.4, -0.2) is 59.0 Å². The van der Waals surface area contributed by atoms with Gasteiger partial charge in [0, 0.05) is 31.1 Å². The van der Waals surface area contributed by atoms with Crippen molar-refractivity contribution in [1.82, 2.24) is 9.80 Å². The molecule has 5 rings (SSSR count). The molecule has 1 spiro atoms. The molecule has 0 radical (unpaired) electrons. The third kappa shape index (κ3) is 5.87. The van der Waals surface area contributed by atoms with E-state index in [4.69, 9.17) is 4.99 Å². The van der Waals surface area contributed by atoms with Gasteiger partial charge in [0.25, 0.3) is 5.91 Å². The van der Waals surface area contributed by atoms with E-state index in [0.717, 1.165) is 74.7 Å². The summed E-state index contributed by atoms with van der Waals surface area (Å²) in [5, 5.41) is 0. The molecule has 2 amide bonds. The molecule has 0 saturated heterocycles. The van der Waals surface area contributed by atoms with Crippen LogP contribution in [0.25, 0.3) is 11.1 Å². The number of aliphatic imine (C=N–C) groups is 1. The molecule has 0 bridgehead atoms. The fraction of sp³-hybridized carbons (Fsp3) is 0.483.